The lowest BCUT2D eigenvalue weighted by Crippen LogP contribution is -2.02. The molecule has 0 aliphatic carbocycles. The van der Waals surface area contributed by atoms with Gasteiger partial charge < -0.3 is 15.2 Å². The van der Waals surface area contributed by atoms with Crippen LogP contribution in [0, 0.1) is 0 Å². The van der Waals surface area contributed by atoms with Gasteiger partial charge in [-0.2, -0.15) is 4.98 Å². The molecule has 2 aromatic rings. The van der Waals surface area contributed by atoms with Crippen molar-refractivity contribution in [3.63, 3.8) is 0 Å². The molecule has 0 spiro atoms. The van der Waals surface area contributed by atoms with Crippen LogP contribution in [0.2, 0.25) is 10.0 Å². The molecule has 0 aliphatic heterocycles. The Balaban J connectivity index is 2.35. The van der Waals surface area contributed by atoms with E-state index in [0.717, 1.165) is 0 Å². The summed E-state index contributed by atoms with van der Waals surface area (Å²) < 4.78 is 5.67. The van der Waals surface area contributed by atoms with E-state index in [9.17, 15) is 5.11 Å². The number of rotatable bonds is 5. The van der Waals surface area contributed by atoms with Crippen LogP contribution in [-0.2, 0) is 6.61 Å². The van der Waals surface area contributed by atoms with Gasteiger partial charge in [-0.3, -0.25) is 0 Å². The van der Waals surface area contributed by atoms with Crippen molar-refractivity contribution in [1.29, 1.82) is 0 Å². The molecular formula is C14H14Cl2N2O2. The Morgan fingerprint density at radius 3 is 2.70 bits per heavy atom. The predicted molar refractivity (Wildman–Crippen MR) is 80.9 cm³/mol. The number of aliphatic hydroxyl groups excluding tert-OH is 1. The highest BCUT2D eigenvalue weighted by atomic mass is 35.5. The summed E-state index contributed by atoms with van der Waals surface area (Å²) in [5, 5.41) is 13.0. The molecule has 4 nitrogen and oxygen atoms in total. The molecule has 1 aromatic carbocycles. The molecule has 0 saturated heterocycles. The lowest BCUT2D eigenvalue weighted by atomic mass is 10.2. The van der Waals surface area contributed by atoms with Crippen LogP contribution in [-0.4, -0.2) is 16.6 Å². The normalized spacial score (nSPS) is 10.4. The van der Waals surface area contributed by atoms with E-state index in [1.165, 1.54) is 0 Å². The third-order valence-electron chi connectivity index (χ3n) is 2.59. The Labute approximate surface area is 127 Å². The molecule has 20 heavy (non-hydrogen) atoms. The second-order valence-electron chi connectivity index (χ2n) is 4.00. The molecule has 6 heteroatoms. The van der Waals surface area contributed by atoms with Gasteiger partial charge in [0.2, 0.25) is 5.88 Å². The molecule has 0 atom stereocenters. The SMILES string of the molecule is CCNc1nc(Oc2ccccc2CO)c(Cl)cc1Cl. The van der Waals surface area contributed by atoms with E-state index in [1.807, 2.05) is 19.1 Å². The average molecular weight is 313 g/mol. The maximum absolute atomic E-state index is 9.28. The van der Waals surface area contributed by atoms with E-state index >= 15 is 0 Å². The number of halogens is 2. The van der Waals surface area contributed by atoms with Gasteiger partial charge in [0.05, 0.1) is 11.6 Å². The zero-order valence-electron chi connectivity index (χ0n) is 10.9. The van der Waals surface area contributed by atoms with Crippen molar-refractivity contribution in [2.75, 3.05) is 11.9 Å². The van der Waals surface area contributed by atoms with Gasteiger partial charge in [-0.1, -0.05) is 41.4 Å². The minimum absolute atomic E-state index is 0.124. The summed E-state index contributed by atoms with van der Waals surface area (Å²) in [5.41, 5.74) is 0.658. The van der Waals surface area contributed by atoms with Gasteiger partial charge >= 0.3 is 0 Å². The molecule has 0 amide bonds. The fourth-order valence-electron chi connectivity index (χ4n) is 1.65. The Kier molecular flexibility index (Phi) is 5.06. The molecule has 0 unspecified atom stereocenters. The molecule has 0 fully saturated rings. The van der Waals surface area contributed by atoms with Crippen LogP contribution in [0.25, 0.3) is 0 Å². The quantitative estimate of drug-likeness (QED) is 0.872. The first kappa shape index (κ1) is 14.9. The molecule has 0 bridgehead atoms. The number of aromatic nitrogens is 1. The zero-order chi connectivity index (χ0) is 14.5. The number of pyridine rings is 1. The van der Waals surface area contributed by atoms with Crippen LogP contribution >= 0.6 is 23.2 Å². The third kappa shape index (κ3) is 3.33. The molecule has 2 rings (SSSR count). The minimum Gasteiger partial charge on any atom is -0.437 e. The van der Waals surface area contributed by atoms with Crippen molar-refractivity contribution in [1.82, 2.24) is 4.98 Å². The first-order valence-corrected chi connectivity index (χ1v) is 6.87. The number of hydrogen-bond donors (Lipinski definition) is 2. The fraction of sp³-hybridized carbons (Fsp3) is 0.214. The number of aliphatic hydroxyl groups is 1. The average Bonchev–Trinajstić information content (AvgIpc) is 2.45. The second-order valence-corrected chi connectivity index (χ2v) is 4.82. The summed E-state index contributed by atoms with van der Waals surface area (Å²) in [6, 6.07) is 8.71. The van der Waals surface area contributed by atoms with E-state index < -0.39 is 0 Å². The van der Waals surface area contributed by atoms with Crippen molar-refractivity contribution >= 4 is 29.0 Å². The van der Waals surface area contributed by atoms with Crippen LogP contribution in [0.4, 0.5) is 5.82 Å². The van der Waals surface area contributed by atoms with Crippen molar-refractivity contribution in [3.05, 3.63) is 45.9 Å². The maximum atomic E-state index is 9.28. The maximum Gasteiger partial charge on any atom is 0.240 e. The van der Waals surface area contributed by atoms with Crippen molar-refractivity contribution in [3.8, 4) is 11.6 Å². The molecule has 106 valence electrons. The van der Waals surface area contributed by atoms with Crippen LogP contribution < -0.4 is 10.1 Å². The first-order chi connectivity index (χ1) is 9.65. The number of ether oxygens (including phenoxy) is 1. The van der Waals surface area contributed by atoms with E-state index in [4.69, 9.17) is 27.9 Å². The smallest absolute Gasteiger partial charge is 0.240 e. The number of benzene rings is 1. The zero-order valence-corrected chi connectivity index (χ0v) is 12.4. The minimum atomic E-state index is -0.124. The van der Waals surface area contributed by atoms with Crippen LogP contribution in [0.15, 0.2) is 30.3 Å². The summed E-state index contributed by atoms with van der Waals surface area (Å²) >= 11 is 12.1. The Bertz CT molecular complexity index is 606. The highest BCUT2D eigenvalue weighted by Crippen LogP contribution is 2.34. The fourth-order valence-corrected chi connectivity index (χ4v) is 2.11. The highest BCUT2D eigenvalue weighted by molar-refractivity contribution is 6.36. The Hall–Kier alpha value is -1.49. The van der Waals surface area contributed by atoms with Gasteiger partial charge in [-0.15, -0.1) is 0 Å². The third-order valence-corrected chi connectivity index (χ3v) is 3.15. The molecule has 1 aromatic heterocycles. The lowest BCUT2D eigenvalue weighted by molar-refractivity contribution is 0.276. The molecule has 1 heterocycles. The number of hydrogen-bond acceptors (Lipinski definition) is 4. The second kappa shape index (κ2) is 6.79. The van der Waals surface area contributed by atoms with E-state index in [-0.39, 0.29) is 12.5 Å². The number of anilines is 1. The summed E-state index contributed by atoms with van der Waals surface area (Å²) in [4.78, 5) is 4.25. The van der Waals surface area contributed by atoms with Gasteiger partial charge in [0.25, 0.3) is 0 Å². The predicted octanol–water partition coefficient (Wildman–Crippen LogP) is 4.10. The van der Waals surface area contributed by atoms with E-state index in [0.29, 0.717) is 33.7 Å². The van der Waals surface area contributed by atoms with Gasteiger partial charge in [0, 0.05) is 12.1 Å². The topological polar surface area (TPSA) is 54.4 Å². The highest BCUT2D eigenvalue weighted by Gasteiger charge is 2.12. The summed E-state index contributed by atoms with van der Waals surface area (Å²) in [5.74, 6) is 1.26. The molecule has 0 saturated carbocycles. The van der Waals surface area contributed by atoms with Crippen LogP contribution in [0.5, 0.6) is 11.6 Å². The Morgan fingerprint density at radius 1 is 1.25 bits per heavy atom. The van der Waals surface area contributed by atoms with Crippen LogP contribution in [0.1, 0.15) is 12.5 Å². The van der Waals surface area contributed by atoms with Crippen molar-refractivity contribution in [2.24, 2.45) is 0 Å². The molecule has 0 aliphatic rings. The first-order valence-electron chi connectivity index (χ1n) is 6.12. The van der Waals surface area contributed by atoms with E-state index in [1.54, 1.807) is 18.2 Å². The van der Waals surface area contributed by atoms with Gasteiger partial charge in [-0.25, -0.2) is 0 Å². The monoisotopic (exact) mass is 312 g/mol. The number of nitrogens with one attached hydrogen (secondary N) is 1. The summed E-state index contributed by atoms with van der Waals surface area (Å²) in [7, 11) is 0. The molecule has 2 N–H and O–H groups in total. The summed E-state index contributed by atoms with van der Waals surface area (Å²) in [6.45, 7) is 2.50. The van der Waals surface area contributed by atoms with Gasteiger partial charge in [0.1, 0.15) is 16.6 Å². The van der Waals surface area contributed by atoms with Crippen LogP contribution in [0.3, 0.4) is 0 Å². The van der Waals surface area contributed by atoms with Crippen molar-refractivity contribution < 1.29 is 9.84 Å². The van der Waals surface area contributed by atoms with Gasteiger partial charge in [0.15, 0.2) is 0 Å². The summed E-state index contributed by atoms with van der Waals surface area (Å²) in [6.07, 6.45) is 0. The molecule has 0 radical (unpaired) electrons. The largest absolute Gasteiger partial charge is 0.437 e. The number of nitrogens with zero attached hydrogens (tertiary/aromatic N) is 1. The standard InChI is InChI=1S/C14H14Cl2N2O2/c1-2-17-13-10(15)7-11(16)14(18-13)20-12-6-4-3-5-9(12)8-19/h3-7,19H,2,8H2,1H3,(H,17,18). The lowest BCUT2D eigenvalue weighted by Gasteiger charge is -2.12. The molecular weight excluding hydrogens is 299 g/mol. The van der Waals surface area contributed by atoms with E-state index in [2.05, 4.69) is 10.3 Å². The Morgan fingerprint density at radius 2 is 2.00 bits per heavy atom. The van der Waals surface area contributed by atoms with Crippen molar-refractivity contribution in [2.45, 2.75) is 13.5 Å². The van der Waals surface area contributed by atoms with Gasteiger partial charge in [-0.05, 0) is 19.1 Å². The number of para-hydroxylation sites is 1.